The molecule has 1 saturated heterocycles. The summed E-state index contributed by atoms with van der Waals surface area (Å²) >= 11 is 6.48. The zero-order valence-corrected chi connectivity index (χ0v) is 26.1. The predicted molar refractivity (Wildman–Crippen MR) is 170 cm³/mol. The molecule has 3 aliphatic rings. The second-order valence-corrected chi connectivity index (χ2v) is 12.3. The molecule has 0 bridgehead atoms. The average Bonchev–Trinajstić information content (AvgIpc) is 3.01. The Hall–Kier alpha value is -4.01. The van der Waals surface area contributed by atoms with E-state index in [1.165, 1.54) is 30.2 Å². The van der Waals surface area contributed by atoms with Crippen LogP contribution in [-0.2, 0) is 17.8 Å². The zero-order chi connectivity index (χ0) is 31.7. The van der Waals surface area contributed by atoms with E-state index in [9.17, 15) is 18.8 Å². The molecule has 2 aromatic carbocycles. The molecule has 1 amide bonds. The highest BCUT2D eigenvalue weighted by Crippen LogP contribution is 2.38. The number of carbonyl (C=O) groups is 1. The molecular formula is C33H36ClF2N7O2. The van der Waals surface area contributed by atoms with Gasteiger partial charge in [0.15, 0.2) is 5.83 Å². The van der Waals surface area contributed by atoms with Gasteiger partial charge in [0.2, 0.25) is 0 Å². The van der Waals surface area contributed by atoms with E-state index >= 15 is 0 Å². The fraction of sp³-hybridized carbons (Fsp3) is 0.455. The van der Waals surface area contributed by atoms with Crippen molar-refractivity contribution in [3.63, 3.8) is 0 Å². The number of anilines is 2. The number of hydrogen-bond donors (Lipinski definition) is 0. The topological polar surface area (TPSA) is 88.8 Å². The number of piperazine rings is 1. The van der Waals surface area contributed by atoms with Gasteiger partial charge in [-0.1, -0.05) is 42.8 Å². The number of likely N-dealkylation sites (N-methyl/N-ethyl adjacent to an activating group) is 1. The van der Waals surface area contributed by atoms with Crippen LogP contribution in [0, 0.1) is 17.1 Å². The molecule has 2 fully saturated rings. The summed E-state index contributed by atoms with van der Waals surface area (Å²) < 4.78 is 34.5. The number of benzene rings is 2. The van der Waals surface area contributed by atoms with Gasteiger partial charge in [-0.05, 0) is 43.8 Å². The second kappa shape index (κ2) is 13.2. The third kappa shape index (κ3) is 6.26. The van der Waals surface area contributed by atoms with Crippen LogP contribution in [0.1, 0.15) is 36.9 Å². The number of fused-ring (bicyclic) bond motifs is 2. The highest BCUT2D eigenvalue weighted by molar-refractivity contribution is 6.36. The summed E-state index contributed by atoms with van der Waals surface area (Å²) in [5.74, 6) is -1.61. The summed E-state index contributed by atoms with van der Waals surface area (Å²) in [4.78, 5) is 30.1. The summed E-state index contributed by atoms with van der Waals surface area (Å²) in [7, 11) is 2.10. The molecule has 3 aromatic rings. The van der Waals surface area contributed by atoms with Gasteiger partial charge >= 0.3 is 6.01 Å². The van der Waals surface area contributed by atoms with Gasteiger partial charge in [0.25, 0.3) is 5.91 Å². The normalized spacial score (nSPS) is 18.5. The maximum atomic E-state index is 14.5. The first-order valence-corrected chi connectivity index (χ1v) is 15.7. The molecule has 0 radical (unpaired) electrons. The maximum Gasteiger partial charge on any atom is 0.318 e. The Morgan fingerprint density at radius 1 is 1.20 bits per heavy atom. The van der Waals surface area contributed by atoms with E-state index < -0.39 is 23.6 Å². The Kier molecular flexibility index (Phi) is 9.06. The standard InChI is InChI=1S/C33H36ClF2N7O2/c1-21(35)32(44)43-16-15-42(19-24(43)11-13-37)31-25-12-14-41(28-8-3-5-22-9-10-26(36)30(34)29(22)28)20-27(25)38-33(39-31)45-18-17-40(2)23-6-4-7-23/h3,5,8-10,23-24H,1,4,6-7,11-12,14-20H2,2H3. The van der Waals surface area contributed by atoms with Gasteiger partial charge in [0.1, 0.15) is 18.2 Å². The van der Waals surface area contributed by atoms with E-state index in [-0.39, 0.29) is 24.0 Å². The summed E-state index contributed by atoms with van der Waals surface area (Å²) in [5, 5.41) is 11.1. The van der Waals surface area contributed by atoms with Crippen LogP contribution >= 0.6 is 11.6 Å². The molecule has 9 nitrogen and oxygen atoms in total. The van der Waals surface area contributed by atoms with E-state index in [1.54, 1.807) is 6.07 Å². The van der Waals surface area contributed by atoms with Crippen LogP contribution < -0.4 is 14.5 Å². The lowest BCUT2D eigenvalue weighted by Crippen LogP contribution is -2.55. The Morgan fingerprint density at radius 2 is 2.02 bits per heavy atom. The Labute approximate surface area is 266 Å². The number of carbonyl (C=O) groups excluding carboxylic acids is 1. The molecule has 1 aromatic heterocycles. The van der Waals surface area contributed by atoms with Crippen molar-refractivity contribution >= 4 is 39.8 Å². The van der Waals surface area contributed by atoms with Crippen molar-refractivity contribution < 1.29 is 18.3 Å². The number of nitriles is 1. The first kappa shape index (κ1) is 31.0. The fourth-order valence-corrected chi connectivity index (χ4v) is 6.79. The van der Waals surface area contributed by atoms with E-state index in [1.807, 2.05) is 23.1 Å². The third-order valence-electron chi connectivity index (χ3n) is 9.25. The van der Waals surface area contributed by atoms with Crippen LogP contribution in [-0.4, -0.2) is 84.1 Å². The first-order valence-electron chi connectivity index (χ1n) is 15.4. The first-order chi connectivity index (χ1) is 21.7. The third-order valence-corrected chi connectivity index (χ3v) is 9.62. The van der Waals surface area contributed by atoms with Crippen LogP contribution in [0.5, 0.6) is 6.01 Å². The van der Waals surface area contributed by atoms with Crippen molar-refractivity contribution in [3.05, 3.63) is 64.8 Å². The quantitative estimate of drug-likeness (QED) is 0.294. The lowest BCUT2D eigenvalue weighted by atomic mass is 9.92. The highest BCUT2D eigenvalue weighted by atomic mass is 35.5. The molecule has 1 atom stereocenters. The molecule has 1 saturated carbocycles. The van der Waals surface area contributed by atoms with Crippen molar-refractivity contribution in [2.75, 3.05) is 56.2 Å². The van der Waals surface area contributed by atoms with Gasteiger partial charge < -0.3 is 24.3 Å². The fourth-order valence-electron chi connectivity index (χ4n) is 6.52. The number of halogens is 3. The van der Waals surface area contributed by atoms with Crippen LogP contribution in [0.25, 0.3) is 10.8 Å². The van der Waals surface area contributed by atoms with Gasteiger partial charge in [-0.25, -0.2) is 8.78 Å². The summed E-state index contributed by atoms with van der Waals surface area (Å²) in [6.07, 6.45) is 4.29. The maximum absolute atomic E-state index is 14.5. The Bertz CT molecular complexity index is 1660. The van der Waals surface area contributed by atoms with Crippen LogP contribution in [0.3, 0.4) is 0 Å². The van der Waals surface area contributed by atoms with E-state index in [0.29, 0.717) is 56.5 Å². The minimum atomic E-state index is -1.04. The van der Waals surface area contributed by atoms with Gasteiger partial charge in [-0.3, -0.25) is 4.79 Å². The molecule has 1 unspecified atom stereocenters. The summed E-state index contributed by atoms with van der Waals surface area (Å²) in [6, 6.07) is 11.3. The van der Waals surface area contributed by atoms with Gasteiger partial charge in [-0.2, -0.15) is 15.2 Å². The monoisotopic (exact) mass is 635 g/mol. The Balaban J connectivity index is 1.31. The molecule has 45 heavy (non-hydrogen) atoms. The number of nitrogens with zero attached hydrogens (tertiary/aromatic N) is 7. The van der Waals surface area contributed by atoms with Gasteiger partial charge in [0.05, 0.1) is 35.8 Å². The van der Waals surface area contributed by atoms with Gasteiger partial charge in [0, 0.05) is 55.4 Å². The summed E-state index contributed by atoms with van der Waals surface area (Å²) in [6.45, 7) is 6.30. The SMILES string of the molecule is C=C(F)C(=O)N1CCN(c2nc(OCCN(C)C3CCC3)nc3c2CCN(c2cccc4ccc(F)c(Cl)c24)C3)CC1CC#N. The number of aromatic nitrogens is 2. The van der Waals surface area contributed by atoms with Crippen LogP contribution in [0.2, 0.25) is 5.02 Å². The number of amides is 1. The molecule has 2 aliphatic heterocycles. The van der Waals surface area contributed by atoms with Crippen molar-refractivity contribution in [2.24, 2.45) is 0 Å². The largest absolute Gasteiger partial charge is 0.462 e. The molecule has 1 aliphatic carbocycles. The van der Waals surface area contributed by atoms with E-state index in [2.05, 4.69) is 29.5 Å². The zero-order valence-electron chi connectivity index (χ0n) is 25.3. The lowest BCUT2D eigenvalue weighted by Gasteiger charge is -2.42. The summed E-state index contributed by atoms with van der Waals surface area (Å²) in [5.41, 5.74) is 2.55. The molecule has 6 rings (SSSR count). The molecular weight excluding hydrogens is 600 g/mol. The smallest absolute Gasteiger partial charge is 0.318 e. The van der Waals surface area contributed by atoms with E-state index in [4.69, 9.17) is 26.3 Å². The van der Waals surface area contributed by atoms with Crippen molar-refractivity contribution in [1.82, 2.24) is 19.8 Å². The van der Waals surface area contributed by atoms with Gasteiger partial charge in [-0.15, -0.1) is 0 Å². The molecule has 0 spiro atoms. The number of ether oxygens (including phenoxy) is 1. The molecule has 12 heteroatoms. The second-order valence-electron chi connectivity index (χ2n) is 11.9. The average molecular weight is 636 g/mol. The predicted octanol–water partition coefficient (Wildman–Crippen LogP) is 5.26. The van der Waals surface area contributed by atoms with E-state index in [0.717, 1.165) is 28.9 Å². The number of hydrogen-bond acceptors (Lipinski definition) is 8. The van der Waals surface area contributed by atoms with Crippen LogP contribution in [0.4, 0.5) is 20.3 Å². The minimum Gasteiger partial charge on any atom is -0.462 e. The van der Waals surface area contributed by atoms with Crippen LogP contribution in [0.15, 0.2) is 42.7 Å². The minimum absolute atomic E-state index is 0.0475. The van der Waals surface area contributed by atoms with Crippen molar-refractivity contribution in [2.45, 2.75) is 50.7 Å². The highest BCUT2D eigenvalue weighted by Gasteiger charge is 2.35. The Morgan fingerprint density at radius 3 is 2.76 bits per heavy atom. The molecule has 3 heterocycles. The molecule has 236 valence electrons. The molecule has 0 N–H and O–H groups in total. The lowest BCUT2D eigenvalue weighted by molar-refractivity contribution is -0.131. The van der Waals surface area contributed by atoms with Crippen molar-refractivity contribution in [3.8, 4) is 12.1 Å². The number of rotatable bonds is 9. The van der Waals surface area contributed by atoms with Crippen molar-refractivity contribution in [1.29, 1.82) is 5.26 Å².